The fraction of sp³-hybridized carbons (Fsp3) is 0.200. The van der Waals surface area contributed by atoms with E-state index in [1.807, 2.05) is 19.1 Å². The number of hydrogen-bond donors (Lipinski definition) is 1. The quantitative estimate of drug-likeness (QED) is 0.642. The van der Waals surface area contributed by atoms with Crippen molar-refractivity contribution in [1.82, 2.24) is 5.32 Å². The van der Waals surface area contributed by atoms with Crippen LogP contribution < -0.4 is 5.32 Å². The van der Waals surface area contributed by atoms with Crippen LogP contribution in [0.5, 0.6) is 0 Å². The zero-order valence-electron chi connectivity index (χ0n) is 11.3. The molecule has 0 saturated heterocycles. The molecule has 0 heterocycles. The molecule has 0 unspecified atom stereocenters. The summed E-state index contributed by atoms with van der Waals surface area (Å²) >= 11 is 3.26. The van der Waals surface area contributed by atoms with Crippen LogP contribution >= 0.6 is 15.9 Å². The van der Waals surface area contributed by atoms with Crippen LogP contribution in [-0.4, -0.2) is 4.92 Å². The Kier molecular flexibility index (Phi) is 5.03. The monoisotopic (exact) mass is 352 g/mol. The number of nitrogens with one attached hydrogen (secondary N) is 1. The van der Waals surface area contributed by atoms with E-state index >= 15 is 0 Å². The molecule has 0 aliphatic carbocycles. The zero-order chi connectivity index (χ0) is 15.4. The normalized spacial score (nSPS) is 12.1. The van der Waals surface area contributed by atoms with Gasteiger partial charge in [-0.2, -0.15) is 0 Å². The van der Waals surface area contributed by atoms with Crippen molar-refractivity contribution in [2.75, 3.05) is 0 Å². The summed E-state index contributed by atoms with van der Waals surface area (Å²) < 4.78 is 13.7. The minimum absolute atomic E-state index is 0.0349. The van der Waals surface area contributed by atoms with E-state index in [4.69, 9.17) is 0 Å². The van der Waals surface area contributed by atoms with Gasteiger partial charge >= 0.3 is 0 Å². The fourth-order valence-corrected chi connectivity index (χ4v) is 2.55. The van der Waals surface area contributed by atoms with Crippen LogP contribution in [0.1, 0.15) is 24.1 Å². The summed E-state index contributed by atoms with van der Waals surface area (Å²) in [6.07, 6.45) is 0. The van der Waals surface area contributed by atoms with E-state index < -0.39 is 4.92 Å². The van der Waals surface area contributed by atoms with Crippen molar-refractivity contribution in [3.05, 3.63) is 74.0 Å². The van der Waals surface area contributed by atoms with Gasteiger partial charge in [0, 0.05) is 18.7 Å². The van der Waals surface area contributed by atoms with E-state index in [9.17, 15) is 14.5 Å². The van der Waals surface area contributed by atoms with Crippen molar-refractivity contribution in [2.45, 2.75) is 19.5 Å². The van der Waals surface area contributed by atoms with Gasteiger partial charge in [0.1, 0.15) is 5.82 Å². The van der Waals surface area contributed by atoms with Gasteiger partial charge in [0.25, 0.3) is 5.69 Å². The first kappa shape index (κ1) is 15.6. The van der Waals surface area contributed by atoms with Gasteiger partial charge in [-0.05, 0) is 46.1 Å². The highest BCUT2D eigenvalue weighted by Gasteiger charge is 2.15. The second kappa shape index (κ2) is 6.78. The highest BCUT2D eigenvalue weighted by molar-refractivity contribution is 9.10. The van der Waals surface area contributed by atoms with Gasteiger partial charge < -0.3 is 5.32 Å². The number of nitro benzene ring substituents is 1. The lowest BCUT2D eigenvalue weighted by Gasteiger charge is -2.15. The second-order valence-corrected chi connectivity index (χ2v) is 5.46. The molecule has 2 rings (SSSR count). The summed E-state index contributed by atoms with van der Waals surface area (Å²) in [5.41, 5.74) is 1.65. The Labute approximate surface area is 130 Å². The number of halogens is 2. The molecule has 0 radical (unpaired) electrons. The Bertz CT molecular complexity index is 664. The summed E-state index contributed by atoms with van der Waals surface area (Å²) in [4.78, 5) is 10.5. The lowest BCUT2D eigenvalue weighted by Crippen LogP contribution is -2.18. The summed E-state index contributed by atoms with van der Waals surface area (Å²) in [5, 5.41) is 14.1. The predicted molar refractivity (Wildman–Crippen MR) is 82.5 cm³/mol. The number of hydrogen-bond acceptors (Lipinski definition) is 3. The van der Waals surface area contributed by atoms with Crippen LogP contribution in [0.3, 0.4) is 0 Å². The average molecular weight is 353 g/mol. The molecule has 21 heavy (non-hydrogen) atoms. The van der Waals surface area contributed by atoms with Crippen LogP contribution in [0.2, 0.25) is 0 Å². The molecule has 0 saturated carbocycles. The van der Waals surface area contributed by atoms with E-state index in [1.165, 1.54) is 18.2 Å². The summed E-state index contributed by atoms with van der Waals surface area (Å²) in [7, 11) is 0. The third-order valence-corrected chi connectivity index (χ3v) is 4.12. The topological polar surface area (TPSA) is 55.2 Å². The van der Waals surface area contributed by atoms with Crippen LogP contribution in [0.4, 0.5) is 10.1 Å². The Morgan fingerprint density at radius 3 is 2.71 bits per heavy atom. The Morgan fingerprint density at radius 1 is 1.33 bits per heavy atom. The molecule has 0 amide bonds. The van der Waals surface area contributed by atoms with Crippen molar-refractivity contribution in [3.8, 4) is 0 Å². The van der Waals surface area contributed by atoms with Gasteiger partial charge in [0.15, 0.2) is 0 Å². The van der Waals surface area contributed by atoms with Crippen LogP contribution in [-0.2, 0) is 6.54 Å². The van der Waals surface area contributed by atoms with Gasteiger partial charge in [0.05, 0.1) is 9.40 Å². The third-order valence-electron chi connectivity index (χ3n) is 3.20. The number of nitrogens with zero attached hydrogens (tertiary/aromatic N) is 1. The van der Waals surface area contributed by atoms with E-state index in [1.54, 1.807) is 12.1 Å². The molecule has 4 nitrogen and oxygen atoms in total. The highest BCUT2D eigenvalue weighted by Crippen LogP contribution is 2.28. The van der Waals surface area contributed by atoms with Crippen LogP contribution in [0.25, 0.3) is 0 Å². The molecule has 2 aromatic rings. The Morgan fingerprint density at radius 2 is 2.05 bits per heavy atom. The first-order valence-electron chi connectivity index (χ1n) is 6.39. The number of rotatable bonds is 5. The molecule has 0 spiro atoms. The Hall–Kier alpha value is -1.79. The first-order chi connectivity index (χ1) is 9.99. The summed E-state index contributed by atoms with van der Waals surface area (Å²) in [6.45, 7) is 2.36. The summed E-state index contributed by atoms with van der Waals surface area (Å²) in [5.74, 6) is -0.280. The molecule has 6 heteroatoms. The van der Waals surface area contributed by atoms with Crippen molar-refractivity contribution < 1.29 is 9.31 Å². The van der Waals surface area contributed by atoms with Gasteiger partial charge in [-0.1, -0.05) is 24.3 Å². The molecule has 0 bridgehead atoms. The molecule has 1 atom stereocenters. The van der Waals surface area contributed by atoms with Crippen LogP contribution in [0.15, 0.2) is 46.9 Å². The maximum Gasteiger partial charge on any atom is 0.283 e. The van der Waals surface area contributed by atoms with Gasteiger partial charge in [-0.3, -0.25) is 10.1 Å². The molecule has 110 valence electrons. The minimum Gasteiger partial charge on any atom is -0.306 e. The average Bonchev–Trinajstić information content (AvgIpc) is 2.45. The van der Waals surface area contributed by atoms with Gasteiger partial charge in [-0.15, -0.1) is 0 Å². The minimum atomic E-state index is -0.427. The molecule has 0 fully saturated rings. The summed E-state index contributed by atoms with van der Waals surface area (Å²) in [6, 6.07) is 11.2. The first-order valence-corrected chi connectivity index (χ1v) is 7.19. The molecule has 1 N–H and O–H groups in total. The van der Waals surface area contributed by atoms with E-state index in [0.29, 0.717) is 11.0 Å². The second-order valence-electron chi connectivity index (χ2n) is 4.66. The van der Waals surface area contributed by atoms with Crippen molar-refractivity contribution >= 4 is 21.6 Å². The smallest absolute Gasteiger partial charge is 0.283 e. The van der Waals surface area contributed by atoms with Gasteiger partial charge in [0.2, 0.25) is 0 Å². The molecular weight excluding hydrogens is 339 g/mol. The molecular formula is C15H14BrFN2O2. The molecule has 0 aliphatic heterocycles. The Balaban J connectivity index is 2.10. The predicted octanol–water partition coefficient (Wildman–Crippen LogP) is 4.35. The van der Waals surface area contributed by atoms with Crippen molar-refractivity contribution in [1.29, 1.82) is 0 Å². The lowest BCUT2D eigenvalue weighted by molar-refractivity contribution is -0.385. The lowest BCUT2D eigenvalue weighted by atomic mass is 10.1. The maximum absolute atomic E-state index is 13.2. The SMILES string of the molecule is C[C@@H](NCc1cccc([N+](=O)[O-])c1Br)c1cccc(F)c1. The zero-order valence-corrected chi connectivity index (χ0v) is 12.9. The molecule has 0 aliphatic rings. The fourth-order valence-electron chi connectivity index (χ4n) is 2.00. The number of nitro groups is 1. The van der Waals surface area contributed by atoms with E-state index in [0.717, 1.165) is 11.1 Å². The molecule has 2 aromatic carbocycles. The number of benzene rings is 2. The maximum atomic E-state index is 13.2. The van der Waals surface area contributed by atoms with Gasteiger partial charge in [-0.25, -0.2) is 4.39 Å². The van der Waals surface area contributed by atoms with E-state index in [-0.39, 0.29) is 17.5 Å². The van der Waals surface area contributed by atoms with Crippen molar-refractivity contribution in [2.24, 2.45) is 0 Å². The van der Waals surface area contributed by atoms with Crippen molar-refractivity contribution in [3.63, 3.8) is 0 Å². The molecule has 0 aromatic heterocycles. The largest absolute Gasteiger partial charge is 0.306 e. The highest BCUT2D eigenvalue weighted by atomic mass is 79.9. The van der Waals surface area contributed by atoms with Crippen LogP contribution in [0, 0.1) is 15.9 Å². The third kappa shape index (κ3) is 3.86. The van der Waals surface area contributed by atoms with E-state index in [2.05, 4.69) is 21.2 Å². The standard InChI is InChI=1S/C15H14BrFN2O2/c1-10(11-4-2-6-13(17)8-11)18-9-12-5-3-7-14(15(12)16)19(20)21/h2-8,10,18H,9H2,1H3/t10-/m1/s1.